The lowest BCUT2D eigenvalue weighted by molar-refractivity contribution is -0.110. The van der Waals surface area contributed by atoms with E-state index >= 15 is 0 Å². The van der Waals surface area contributed by atoms with Gasteiger partial charge in [0.1, 0.15) is 0 Å². The molecule has 0 aromatic heterocycles. The third-order valence-electron chi connectivity index (χ3n) is 8.04. The maximum atomic E-state index is 13.5. The molecule has 1 saturated heterocycles. The molecule has 2 aliphatic heterocycles. The number of amides is 2. The summed E-state index contributed by atoms with van der Waals surface area (Å²) in [6.45, 7) is 5.14. The molecular weight excluding hydrogens is 520 g/mol. The molecule has 6 nitrogen and oxygen atoms in total. The highest BCUT2D eigenvalue weighted by molar-refractivity contribution is 6.37. The molecule has 4 aromatic carbocycles. The summed E-state index contributed by atoms with van der Waals surface area (Å²) in [6.07, 6.45) is 3.81. The van der Waals surface area contributed by atoms with E-state index in [1.165, 1.54) is 24.8 Å². The van der Waals surface area contributed by atoms with Crippen LogP contribution in [0.5, 0.6) is 0 Å². The molecule has 2 aliphatic rings. The second-order valence-electron chi connectivity index (χ2n) is 11.1. The summed E-state index contributed by atoms with van der Waals surface area (Å²) in [5.74, 6) is -0.386. The van der Waals surface area contributed by atoms with Gasteiger partial charge in [0, 0.05) is 29.0 Å². The number of fused-ring (bicyclic) bond motifs is 1. The smallest absolute Gasteiger partial charge is 0.258 e. The average Bonchev–Trinajstić information content (AvgIpc) is 3.36. The Balaban J connectivity index is 1.33. The normalized spacial score (nSPS) is 16.7. The lowest BCUT2D eigenvalue weighted by Crippen LogP contribution is -2.29. The number of rotatable bonds is 8. The minimum atomic E-state index is -0.198. The van der Waals surface area contributed by atoms with Gasteiger partial charge in [0.25, 0.3) is 11.8 Å². The van der Waals surface area contributed by atoms with Gasteiger partial charge in [-0.2, -0.15) is 0 Å². The molecule has 0 radical (unpaired) electrons. The van der Waals surface area contributed by atoms with Crippen molar-refractivity contribution < 1.29 is 9.59 Å². The van der Waals surface area contributed by atoms with Gasteiger partial charge in [-0.25, -0.2) is 0 Å². The standard InChI is InChI=1S/C36H36N4O2/c1-25(27-13-5-2-6-14-27)37-35(41)29-18-19-32-31(23-29)33(36(42)39-32)34(28-15-7-3-8-16-28)38-30-17-11-12-26(22-30)24-40-20-9-4-10-21-40/h2-3,5-8,11-19,22-23,25,38H,4,9-10,20-21,24H2,1H3,(H,37,41)(H,39,42)/t25-/m0/s1. The van der Waals surface area contributed by atoms with Crippen molar-refractivity contribution in [3.05, 3.63) is 131 Å². The molecule has 0 bridgehead atoms. The second kappa shape index (κ2) is 12.5. The summed E-state index contributed by atoms with van der Waals surface area (Å²) in [6, 6.07) is 33.4. The SMILES string of the molecule is C[C@H](NC(=O)c1ccc2c(c1)C(=C(Nc1cccc(CN3CCCCC3)c1)c1ccccc1)C(=O)N2)c1ccccc1. The highest BCUT2D eigenvalue weighted by Gasteiger charge is 2.29. The Labute approximate surface area is 247 Å². The summed E-state index contributed by atoms with van der Waals surface area (Å²) in [5.41, 5.74) is 7.20. The summed E-state index contributed by atoms with van der Waals surface area (Å²) in [5, 5.41) is 9.69. The van der Waals surface area contributed by atoms with E-state index in [4.69, 9.17) is 0 Å². The fourth-order valence-electron chi connectivity index (χ4n) is 5.81. The molecular formula is C36H36N4O2. The molecule has 0 saturated carbocycles. The van der Waals surface area contributed by atoms with Gasteiger partial charge in [0.15, 0.2) is 0 Å². The molecule has 212 valence electrons. The minimum Gasteiger partial charge on any atom is -0.354 e. The van der Waals surface area contributed by atoms with E-state index in [0.717, 1.165) is 36.4 Å². The number of hydrogen-bond donors (Lipinski definition) is 3. The zero-order valence-electron chi connectivity index (χ0n) is 23.9. The van der Waals surface area contributed by atoms with Gasteiger partial charge in [0.05, 0.1) is 17.3 Å². The molecule has 1 fully saturated rings. The van der Waals surface area contributed by atoms with Crippen LogP contribution in [-0.4, -0.2) is 29.8 Å². The van der Waals surface area contributed by atoms with Gasteiger partial charge in [-0.05, 0) is 79.9 Å². The average molecular weight is 557 g/mol. The Morgan fingerprint density at radius 1 is 0.833 bits per heavy atom. The second-order valence-corrected chi connectivity index (χ2v) is 11.1. The maximum Gasteiger partial charge on any atom is 0.258 e. The van der Waals surface area contributed by atoms with E-state index in [-0.39, 0.29) is 17.9 Å². The fourth-order valence-corrected chi connectivity index (χ4v) is 5.81. The van der Waals surface area contributed by atoms with E-state index in [1.54, 1.807) is 6.07 Å². The quantitative estimate of drug-likeness (QED) is 0.203. The zero-order chi connectivity index (χ0) is 28.9. The molecule has 6 rings (SSSR count). The van der Waals surface area contributed by atoms with Crippen LogP contribution in [0.15, 0.2) is 103 Å². The van der Waals surface area contributed by atoms with Crippen LogP contribution in [0.1, 0.15) is 64.8 Å². The van der Waals surface area contributed by atoms with Gasteiger partial charge < -0.3 is 16.0 Å². The van der Waals surface area contributed by atoms with E-state index in [1.807, 2.05) is 85.8 Å². The summed E-state index contributed by atoms with van der Waals surface area (Å²) in [4.78, 5) is 29.3. The first-order valence-corrected chi connectivity index (χ1v) is 14.7. The lowest BCUT2D eigenvalue weighted by Gasteiger charge is -2.26. The Kier molecular flexibility index (Phi) is 8.15. The number of benzene rings is 4. The van der Waals surface area contributed by atoms with Crippen LogP contribution >= 0.6 is 0 Å². The molecule has 2 amide bonds. The third-order valence-corrected chi connectivity index (χ3v) is 8.04. The Bertz CT molecular complexity index is 1610. The van der Waals surface area contributed by atoms with Crippen molar-refractivity contribution in [3.63, 3.8) is 0 Å². The van der Waals surface area contributed by atoms with Crippen molar-refractivity contribution in [3.8, 4) is 0 Å². The Hall–Kier alpha value is -4.68. The van der Waals surface area contributed by atoms with Gasteiger partial charge in [-0.1, -0.05) is 79.2 Å². The lowest BCUT2D eigenvalue weighted by atomic mass is 9.98. The predicted octanol–water partition coefficient (Wildman–Crippen LogP) is 7.10. The van der Waals surface area contributed by atoms with Crippen molar-refractivity contribution in [2.24, 2.45) is 0 Å². The number of nitrogens with zero attached hydrogens (tertiary/aromatic N) is 1. The number of piperidine rings is 1. The van der Waals surface area contributed by atoms with Crippen molar-refractivity contribution in [1.82, 2.24) is 10.2 Å². The fraction of sp³-hybridized carbons (Fsp3) is 0.222. The molecule has 0 unspecified atom stereocenters. The van der Waals surface area contributed by atoms with Crippen LogP contribution in [0.4, 0.5) is 11.4 Å². The topological polar surface area (TPSA) is 73.5 Å². The number of likely N-dealkylation sites (tertiary alicyclic amines) is 1. The molecule has 1 atom stereocenters. The van der Waals surface area contributed by atoms with Crippen molar-refractivity contribution >= 4 is 34.5 Å². The van der Waals surface area contributed by atoms with Gasteiger partial charge >= 0.3 is 0 Å². The van der Waals surface area contributed by atoms with Gasteiger partial charge in [0.2, 0.25) is 0 Å². The van der Waals surface area contributed by atoms with Crippen LogP contribution in [0.2, 0.25) is 0 Å². The van der Waals surface area contributed by atoms with Crippen LogP contribution in [0, 0.1) is 0 Å². The van der Waals surface area contributed by atoms with E-state index in [0.29, 0.717) is 28.1 Å². The number of anilines is 2. The first-order valence-electron chi connectivity index (χ1n) is 14.7. The largest absolute Gasteiger partial charge is 0.354 e. The van der Waals surface area contributed by atoms with Crippen molar-refractivity contribution in [2.45, 2.75) is 38.8 Å². The molecule has 6 heteroatoms. The first kappa shape index (κ1) is 27.5. The Morgan fingerprint density at radius 2 is 1.57 bits per heavy atom. The number of nitrogens with one attached hydrogen (secondary N) is 3. The molecule has 3 N–H and O–H groups in total. The summed E-state index contributed by atoms with van der Waals surface area (Å²) in [7, 11) is 0. The van der Waals surface area contributed by atoms with Gasteiger partial charge in [-0.3, -0.25) is 14.5 Å². The molecule has 2 heterocycles. The van der Waals surface area contributed by atoms with Crippen LogP contribution in [0.25, 0.3) is 11.3 Å². The summed E-state index contributed by atoms with van der Waals surface area (Å²) < 4.78 is 0. The van der Waals surface area contributed by atoms with E-state index < -0.39 is 0 Å². The van der Waals surface area contributed by atoms with Crippen molar-refractivity contribution in [1.29, 1.82) is 0 Å². The minimum absolute atomic E-state index is 0.152. The summed E-state index contributed by atoms with van der Waals surface area (Å²) >= 11 is 0. The van der Waals surface area contributed by atoms with Crippen LogP contribution in [0.3, 0.4) is 0 Å². The van der Waals surface area contributed by atoms with Crippen LogP contribution in [-0.2, 0) is 11.3 Å². The predicted molar refractivity (Wildman–Crippen MR) is 170 cm³/mol. The molecule has 42 heavy (non-hydrogen) atoms. The number of carbonyl (C=O) groups excluding carboxylic acids is 2. The third kappa shape index (κ3) is 6.14. The molecule has 0 aliphatic carbocycles. The highest BCUT2D eigenvalue weighted by atomic mass is 16.2. The maximum absolute atomic E-state index is 13.5. The van der Waals surface area contributed by atoms with Crippen LogP contribution < -0.4 is 16.0 Å². The molecule has 0 spiro atoms. The van der Waals surface area contributed by atoms with Crippen molar-refractivity contribution in [2.75, 3.05) is 23.7 Å². The zero-order valence-corrected chi connectivity index (χ0v) is 23.9. The Morgan fingerprint density at radius 3 is 2.33 bits per heavy atom. The first-order chi connectivity index (χ1) is 20.5. The number of carbonyl (C=O) groups is 2. The van der Waals surface area contributed by atoms with Gasteiger partial charge in [-0.15, -0.1) is 0 Å². The monoisotopic (exact) mass is 556 g/mol. The van der Waals surface area contributed by atoms with E-state index in [2.05, 4.69) is 39.0 Å². The van der Waals surface area contributed by atoms with E-state index in [9.17, 15) is 9.59 Å². The number of hydrogen-bond acceptors (Lipinski definition) is 4. The molecule has 4 aromatic rings. The highest BCUT2D eigenvalue weighted by Crippen LogP contribution is 2.38.